The van der Waals surface area contributed by atoms with Gasteiger partial charge < -0.3 is 0 Å². The van der Waals surface area contributed by atoms with E-state index in [1.54, 1.807) is 38.5 Å². The highest BCUT2D eigenvalue weighted by atomic mass is 14.8. The summed E-state index contributed by atoms with van der Waals surface area (Å²) in [6, 6.07) is 0. The first-order valence-corrected chi connectivity index (χ1v) is 21.5. The molecule has 0 amide bonds. The molecule has 0 heterocycles. The average Bonchev–Trinajstić information content (AvgIpc) is 3.47. The van der Waals surface area contributed by atoms with Crippen LogP contribution in [0.2, 0.25) is 0 Å². The second-order valence-corrected chi connectivity index (χ2v) is 21.6. The molecule has 0 heteroatoms. The van der Waals surface area contributed by atoms with Crippen LogP contribution >= 0.6 is 0 Å². The molecule has 6 fully saturated rings. The zero-order valence-corrected chi connectivity index (χ0v) is 33.7. The summed E-state index contributed by atoms with van der Waals surface area (Å²) in [5, 5.41) is 0. The van der Waals surface area contributed by atoms with Crippen LogP contribution < -0.4 is 0 Å². The van der Waals surface area contributed by atoms with Gasteiger partial charge in [0.05, 0.1) is 0 Å². The van der Waals surface area contributed by atoms with E-state index in [2.05, 4.69) is 96.9 Å². The van der Waals surface area contributed by atoms with Gasteiger partial charge in [-0.2, -0.15) is 0 Å². The third-order valence-corrected chi connectivity index (χ3v) is 20.1. The van der Waals surface area contributed by atoms with Crippen LogP contribution in [0.5, 0.6) is 0 Å². The zero-order valence-electron chi connectivity index (χ0n) is 33.7. The molecule has 19 atom stereocenters. The molecule has 6 aliphatic rings. The first-order chi connectivity index (χ1) is 21.5. The largest absolute Gasteiger partial charge is 0.0625 e. The molecule has 0 saturated heterocycles. The van der Waals surface area contributed by atoms with Gasteiger partial charge in [0.2, 0.25) is 0 Å². The van der Waals surface area contributed by atoms with E-state index in [1.165, 1.54) is 32.1 Å². The lowest BCUT2D eigenvalue weighted by atomic mass is 9.28. The van der Waals surface area contributed by atoms with Crippen molar-refractivity contribution in [2.75, 3.05) is 0 Å². The van der Waals surface area contributed by atoms with E-state index >= 15 is 0 Å². The summed E-state index contributed by atoms with van der Waals surface area (Å²) >= 11 is 0. The number of hydrogen-bond acceptors (Lipinski definition) is 0. The maximum absolute atomic E-state index is 2.84. The van der Waals surface area contributed by atoms with Crippen LogP contribution in [0.25, 0.3) is 0 Å². The molecular formula is C46H82. The monoisotopic (exact) mass is 635 g/mol. The molecule has 6 aliphatic carbocycles. The van der Waals surface area contributed by atoms with Crippen molar-refractivity contribution in [3.05, 3.63) is 0 Å². The number of fused-ring (bicyclic) bond motifs is 3. The Labute approximate surface area is 289 Å². The van der Waals surface area contributed by atoms with Crippen molar-refractivity contribution in [1.29, 1.82) is 0 Å². The lowest BCUT2D eigenvalue weighted by Gasteiger charge is -2.77. The molecule has 266 valence electrons. The van der Waals surface area contributed by atoms with Crippen molar-refractivity contribution in [3.8, 4) is 0 Å². The summed E-state index contributed by atoms with van der Waals surface area (Å²) in [5.74, 6) is 16.3. The summed E-state index contributed by atoms with van der Waals surface area (Å²) in [4.78, 5) is 0. The van der Waals surface area contributed by atoms with E-state index in [9.17, 15) is 0 Å². The Hall–Kier alpha value is 0. The fourth-order valence-electron chi connectivity index (χ4n) is 17.4. The average molecular weight is 635 g/mol. The van der Waals surface area contributed by atoms with Crippen molar-refractivity contribution < 1.29 is 0 Å². The second kappa shape index (κ2) is 12.6. The fraction of sp³-hybridized carbons (Fsp3) is 1.00. The Balaban J connectivity index is 1.21. The minimum Gasteiger partial charge on any atom is -0.0625 e. The molecule has 0 N–H and O–H groups in total. The van der Waals surface area contributed by atoms with Gasteiger partial charge in [0.1, 0.15) is 0 Å². The van der Waals surface area contributed by atoms with Crippen molar-refractivity contribution >= 4 is 0 Å². The maximum atomic E-state index is 2.84. The molecule has 0 bridgehead atoms. The Kier molecular flexibility index (Phi) is 9.85. The Morgan fingerprint density at radius 1 is 0.652 bits per heavy atom. The normalized spacial score (nSPS) is 57.7. The third kappa shape index (κ3) is 5.12. The van der Waals surface area contributed by atoms with Crippen LogP contribution in [0.15, 0.2) is 0 Å². The molecule has 19 unspecified atom stereocenters. The molecule has 6 saturated carbocycles. The Morgan fingerprint density at radius 3 is 1.98 bits per heavy atom. The summed E-state index contributed by atoms with van der Waals surface area (Å²) in [6.07, 6.45) is 16.9. The van der Waals surface area contributed by atoms with E-state index in [4.69, 9.17) is 0 Å². The van der Waals surface area contributed by atoms with Crippen LogP contribution in [-0.2, 0) is 0 Å². The quantitative estimate of drug-likeness (QED) is 0.282. The van der Waals surface area contributed by atoms with Crippen LogP contribution in [-0.4, -0.2) is 0 Å². The van der Waals surface area contributed by atoms with Gasteiger partial charge in [-0.05, 0) is 168 Å². The maximum Gasteiger partial charge on any atom is -0.0212 e. The minimum absolute atomic E-state index is 0.419. The van der Waals surface area contributed by atoms with Crippen molar-refractivity contribution in [2.45, 2.75) is 168 Å². The van der Waals surface area contributed by atoms with Gasteiger partial charge in [0.25, 0.3) is 0 Å². The second-order valence-electron chi connectivity index (χ2n) is 21.6. The van der Waals surface area contributed by atoms with Crippen molar-refractivity contribution in [1.82, 2.24) is 0 Å². The van der Waals surface area contributed by atoms with Crippen molar-refractivity contribution in [3.63, 3.8) is 0 Å². The number of hydrogen-bond donors (Lipinski definition) is 0. The first-order valence-electron chi connectivity index (χ1n) is 21.5. The summed E-state index contributed by atoms with van der Waals surface area (Å²) in [7, 11) is 0. The smallest absolute Gasteiger partial charge is 0.0212 e. The van der Waals surface area contributed by atoms with Gasteiger partial charge in [-0.15, -0.1) is 0 Å². The van der Waals surface area contributed by atoms with Gasteiger partial charge in [0.15, 0.2) is 0 Å². The minimum atomic E-state index is 0.419. The van der Waals surface area contributed by atoms with E-state index in [-0.39, 0.29) is 0 Å². The van der Waals surface area contributed by atoms with Crippen LogP contribution in [0.4, 0.5) is 0 Å². The van der Waals surface area contributed by atoms with Gasteiger partial charge in [-0.25, -0.2) is 0 Å². The van der Waals surface area contributed by atoms with Crippen LogP contribution in [0.1, 0.15) is 168 Å². The third-order valence-electron chi connectivity index (χ3n) is 20.1. The lowest BCUT2D eigenvalue weighted by Crippen LogP contribution is -2.71. The summed E-state index contributed by atoms with van der Waals surface area (Å²) in [6.45, 7) is 37.8. The van der Waals surface area contributed by atoms with E-state index in [0.29, 0.717) is 16.2 Å². The van der Waals surface area contributed by atoms with Crippen molar-refractivity contribution in [2.24, 2.45) is 123 Å². The van der Waals surface area contributed by atoms with E-state index < -0.39 is 0 Å². The van der Waals surface area contributed by atoms with Gasteiger partial charge >= 0.3 is 0 Å². The molecule has 6 rings (SSSR count). The standard InChI is InChI=1S/C46H82/c1-26(2)36-16-15-17-38(24-36)39-19-18-35(23-39)22-37-20-21-40-31(8)45(13)34(11)44(12)25-28(5)41(27(3)4)32(9)46(44,14)33(10)43(45)30(7)42(40)29(37)6/h26-43H,15-25H2,1-14H3. The van der Waals surface area contributed by atoms with Gasteiger partial charge in [-0.1, -0.05) is 123 Å². The molecule has 0 aromatic heterocycles. The molecule has 46 heavy (non-hydrogen) atoms. The first kappa shape index (κ1) is 35.8. The Bertz CT molecular complexity index is 1050. The highest BCUT2D eigenvalue weighted by Gasteiger charge is 2.72. The summed E-state index contributed by atoms with van der Waals surface area (Å²) < 4.78 is 0. The number of rotatable bonds is 5. The molecule has 0 aliphatic heterocycles. The molecular weight excluding hydrogens is 553 g/mol. The summed E-state index contributed by atoms with van der Waals surface area (Å²) in [5.41, 5.74) is 1.30. The molecule has 0 aromatic rings. The SMILES string of the molecule is CC(C)C1CCCC(C2CCC(CC3CCC4C(C3C)C(C)C3C(C)C5(C)C(C)C(C(C)C)C(C)CC5(C)C(C)C3(C)C4C)C2)C1. The predicted molar refractivity (Wildman–Crippen MR) is 200 cm³/mol. The zero-order chi connectivity index (χ0) is 33.7. The van der Waals surface area contributed by atoms with Crippen LogP contribution in [0.3, 0.4) is 0 Å². The fourth-order valence-corrected chi connectivity index (χ4v) is 17.4. The molecule has 0 aromatic carbocycles. The van der Waals surface area contributed by atoms with Crippen LogP contribution in [0, 0.1) is 123 Å². The topological polar surface area (TPSA) is 0 Å². The predicted octanol–water partition coefficient (Wildman–Crippen LogP) is 13.7. The van der Waals surface area contributed by atoms with Gasteiger partial charge in [-0.3, -0.25) is 0 Å². The van der Waals surface area contributed by atoms with Gasteiger partial charge in [0, 0.05) is 0 Å². The lowest BCUT2D eigenvalue weighted by molar-refractivity contribution is -0.291. The molecule has 0 radical (unpaired) electrons. The highest BCUT2D eigenvalue weighted by molar-refractivity contribution is 5.20. The van der Waals surface area contributed by atoms with E-state index in [0.717, 1.165) is 107 Å². The molecule has 0 spiro atoms. The Morgan fingerprint density at radius 2 is 1.33 bits per heavy atom. The highest BCUT2D eigenvalue weighted by Crippen LogP contribution is 2.78. The molecule has 0 nitrogen and oxygen atoms in total. The van der Waals surface area contributed by atoms with E-state index in [1.807, 2.05) is 0 Å².